The van der Waals surface area contributed by atoms with Crippen LogP contribution in [0.4, 0.5) is 11.4 Å². The molecule has 1 aromatic carbocycles. The van der Waals surface area contributed by atoms with E-state index in [-0.39, 0.29) is 24.1 Å². The van der Waals surface area contributed by atoms with E-state index >= 15 is 0 Å². The fraction of sp³-hybridized carbons (Fsp3) is 0.533. The molecule has 0 aromatic heterocycles. The molecule has 1 unspecified atom stereocenters. The topological polar surface area (TPSA) is 104 Å². The highest BCUT2D eigenvalue weighted by atomic mass is 16.6. The third-order valence-corrected chi connectivity index (χ3v) is 3.27. The first-order chi connectivity index (χ1) is 10.4. The summed E-state index contributed by atoms with van der Waals surface area (Å²) in [5.41, 5.74) is 0.829. The Labute approximate surface area is 129 Å². The Balaban J connectivity index is 2.19. The summed E-state index contributed by atoms with van der Waals surface area (Å²) in [4.78, 5) is 21.7. The number of carbonyl (C=O) groups excluding carboxylic acids is 1. The Morgan fingerprint density at radius 1 is 1.32 bits per heavy atom. The second-order valence-electron chi connectivity index (χ2n) is 5.45. The van der Waals surface area contributed by atoms with Gasteiger partial charge in [0.15, 0.2) is 0 Å². The summed E-state index contributed by atoms with van der Waals surface area (Å²) in [6.45, 7) is 4.65. The summed E-state index contributed by atoms with van der Waals surface area (Å²) in [6, 6.07) is 6.14. The Hall–Kier alpha value is -2.15. The smallest absolute Gasteiger partial charge is 0.269 e. The van der Waals surface area contributed by atoms with Crippen LogP contribution in [0.3, 0.4) is 0 Å². The third kappa shape index (κ3) is 6.53. The minimum atomic E-state index is -0.526. The summed E-state index contributed by atoms with van der Waals surface area (Å²) < 4.78 is 0. The minimum Gasteiger partial charge on any atom is -0.391 e. The van der Waals surface area contributed by atoms with Crippen molar-refractivity contribution in [2.45, 2.75) is 32.8 Å². The quantitative estimate of drug-likeness (QED) is 0.367. The van der Waals surface area contributed by atoms with Crippen LogP contribution in [0.2, 0.25) is 0 Å². The van der Waals surface area contributed by atoms with E-state index < -0.39 is 11.0 Å². The highest BCUT2D eigenvalue weighted by molar-refractivity contribution is 5.75. The molecule has 1 amide bonds. The van der Waals surface area contributed by atoms with Gasteiger partial charge in [-0.1, -0.05) is 13.8 Å². The lowest BCUT2D eigenvalue weighted by molar-refractivity contribution is -0.384. The molecule has 1 atom stereocenters. The molecule has 1 rings (SSSR count). The first-order valence-corrected chi connectivity index (χ1v) is 7.33. The van der Waals surface area contributed by atoms with Crippen molar-refractivity contribution in [3.8, 4) is 0 Å². The normalized spacial score (nSPS) is 12.0. The number of nitro groups is 1. The van der Waals surface area contributed by atoms with Gasteiger partial charge in [-0.15, -0.1) is 0 Å². The summed E-state index contributed by atoms with van der Waals surface area (Å²) >= 11 is 0. The number of aliphatic hydroxyl groups excluding tert-OH is 1. The number of hydrogen-bond donors (Lipinski definition) is 3. The Morgan fingerprint density at radius 3 is 2.50 bits per heavy atom. The van der Waals surface area contributed by atoms with Crippen LogP contribution in [0, 0.1) is 16.0 Å². The lowest BCUT2D eigenvalue weighted by Gasteiger charge is -2.15. The van der Waals surface area contributed by atoms with Gasteiger partial charge in [0, 0.05) is 37.3 Å². The van der Waals surface area contributed by atoms with E-state index in [1.165, 1.54) is 12.1 Å². The molecule has 0 saturated carbocycles. The molecule has 0 radical (unpaired) electrons. The predicted octanol–water partition coefficient (Wildman–Crippen LogP) is 1.92. The molecule has 1 aromatic rings. The van der Waals surface area contributed by atoms with Gasteiger partial charge in [-0.2, -0.15) is 0 Å². The molecule has 7 heteroatoms. The van der Waals surface area contributed by atoms with Gasteiger partial charge in [-0.05, 0) is 24.5 Å². The van der Waals surface area contributed by atoms with Crippen molar-refractivity contribution in [2.75, 3.05) is 18.4 Å². The Kier molecular flexibility index (Phi) is 7.31. The summed E-state index contributed by atoms with van der Waals surface area (Å²) in [5.74, 6) is 0.0225. The zero-order valence-electron chi connectivity index (χ0n) is 12.9. The number of aliphatic hydroxyl groups is 1. The number of amides is 1. The molecular formula is C15H23N3O4. The molecule has 7 nitrogen and oxygen atoms in total. The Morgan fingerprint density at radius 2 is 1.95 bits per heavy atom. The molecule has 0 aliphatic heterocycles. The van der Waals surface area contributed by atoms with E-state index in [4.69, 9.17) is 0 Å². The molecule has 0 heterocycles. The highest BCUT2D eigenvalue weighted by Gasteiger charge is 2.10. The van der Waals surface area contributed by atoms with E-state index in [0.29, 0.717) is 19.4 Å². The number of rotatable bonds is 9. The fourth-order valence-corrected chi connectivity index (χ4v) is 1.73. The Bertz CT molecular complexity index is 488. The molecule has 22 heavy (non-hydrogen) atoms. The van der Waals surface area contributed by atoms with Crippen molar-refractivity contribution in [1.82, 2.24) is 5.32 Å². The van der Waals surface area contributed by atoms with Gasteiger partial charge in [0.05, 0.1) is 11.0 Å². The van der Waals surface area contributed by atoms with Gasteiger partial charge in [-0.3, -0.25) is 14.9 Å². The van der Waals surface area contributed by atoms with Gasteiger partial charge in [0.2, 0.25) is 5.91 Å². The van der Waals surface area contributed by atoms with E-state index in [2.05, 4.69) is 10.6 Å². The van der Waals surface area contributed by atoms with E-state index in [1.54, 1.807) is 12.1 Å². The standard InChI is InChI=1S/C15H23N3O4/c1-11(2)14(19)10-17-15(20)4-3-9-16-12-5-7-13(8-6-12)18(21)22/h5-8,11,14,16,19H,3-4,9-10H2,1-2H3,(H,17,20). The zero-order chi connectivity index (χ0) is 16.5. The van der Waals surface area contributed by atoms with Crippen molar-refractivity contribution in [3.63, 3.8) is 0 Å². The number of nitrogens with zero attached hydrogens (tertiary/aromatic N) is 1. The van der Waals surface area contributed by atoms with Crippen molar-refractivity contribution in [2.24, 2.45) is 5.92 Å². The van der Waals surface area contributed by atoms with Crippen molar-refractivity contribution >= 4 is 17.3 Å². The van der Waals surface area contributed by atoms with Crippen LogP contribution in [-0.4, -0.2) is 35.1 Å². The largest absolute Gasteiger partial charge is 0.391 e. The maximum absolute atomic E-state index is 11.6. The SMILES string of the molecule is CC(C)C(O)CNC(=O)CCCNc1ccc([N+](=O)[O-])cc1. The molecular weight excluding hydrogens is 286 g/mol. The van der Waals surface area contributed by atoms with Crippen LogP contribution in [0.15, 0.2) is 24.3 Å². The first kappa shape index (κ1) is 17.9. The van der Waals surface area contributed by atoms with Gasteiger partial charge < -0.3 is 15.7 Å². The van der Waals surface area contributed by atoms with E-state index in [1.807, 2.05) is 13.8 Å². The molecule has 3 N–H and O–H groups in total. The number of benzene rings is 1. The van der Waals surface area contributed by atoms with Crippen LogP contribution in [0.1, 0.15) is 26.7 Å². The van der Waals surface area contributed by atoms with Crippen molar-refractivity contribution in [1.29, 1.82) is 0 Å². The summed E-state index contributed by atoms with van der Waals surface area (Å²) in [5, 5.41) is 25.9. The van der Waals surface area contributed by atoms with Crippen LogP contribution >= 0.6 is 0 Å². The molecule has 0 aliphatic rings. The maximum atomic E-state index is 11.6. The first-order valence-electron chi connectivity index (χ1n) is 7.33. The monoisotopic (exact) mass is 309 g/mol. The highest BCUT2D eigenvalue weighted by Crippen LogP contribution is 2.15. The number of carbonyl (C=O) groups is 1. The molecule has 0 spiro atoms. The zero-order valence-corrected chi connectivity index (χ0v) is 12.9. The van der Waals surface area contributed by atoms with Crippen LogP contribution < -0.4 is 10.6 Å². The van der Waals surface area contributed by atoms with E-state index in [9.17, 15) is 20.0 Å². The number of non-ortho nitro benzene ring substituents is 1. The molecule has 122 valence electrons. The second kappa shape index (κ2) is 8.99. The van der Waals surface area contributed by atoms with Gasteiger partial charge in [0.25, 0.3) is 5.69 Å². The van der Waals surface area contributed by atoms with E-state index in [0.717, 1.165) is 5.69 Å². The second-order valence-corrected chi connectivity index (χ2v) is 5.45. The average molecular weight is 309 g/mol. The lowest BCUT2D eigenvalue weighted by atomic mass is 10.1. The number of anilines is 1. The lowest BCUT2D eigenvalue weighted by Crippen LogP contribution is -2.34. The van der Waals surface area contributed by atoms with Gasteiger partial charge in [-0.25, -0.2) is 0 Å². The minimum absolute atomic E-state index is 0.0497. The van der Waals surface area contributed by atoms with Crippen LogP contribution in [-0.2, 0) is 4.79 Å². The van der Waals surface area contributed by atoms with Crippen LogP contribution in [0.5, 0.6) is 0 Å². The number of nitrogens with one attached hydrogen (secondary N) is 2. The summed E-state index contributed by atoms with van der Waals surface area (Å²) in [7, 11) is 0. The molecule has 0 saturated heterocycles. The number of hydrogen-bond acceptors (Lipinski definition) is 5. The number of nitro benzene ring substituents is 1. The van der Waals surface area contributed by atoms with Crippen molar-refractivity contribution in [3.05, 3.63) is 34.4 Å². The molecule has 0 aliphatic carbocycles. The molecule has 0 bridgehead atoms. The van der Waals surface area contributed by atoms with Crippen molar-refractivity contribution < 1.29 is 14.8 Å². The predicted molar refractivity (Wildman–Crippen MR) is 84.7 cm³/mol. The van der Waals surface area contributed by atoms with Crippen LogP contribution in [0.25, 0.3) is 0 Å². The average Bonchev–Trinajstić information content (AvgIpc) is 2.49. The molecule has 0 fully saturated rings. The summed E-state index contributed by atoms with van der Waals surface area (Å²) in [6.07, 6.45) is 0.480. The third-order valence-electron chi connectivity index (χ3n) is 3.27. The maximum Gasteiger partial charge on any atom is 0.269 e. The van der Waals surface area contributed by atoms with Gasteiger partial charge >= 0.3 is 0 Å². The van der Waals surface area contributed by atoms with Gasteiger partial charge in [0.1, 0.15) is 0 Å². The fourth-order valence-electron chi connectivity index (χ4n) is 1.73.